The number of carboxylic acid groups (broad SMARTS) is 1. The predicted molar refractivity (Wildman–Crippen MR) is 92.0 cm³/mol. The van der Waals surface area contributed by atoms with Gasteiger partial charge in [-0.2, -0.15) is 0 Å². The standard InChI is InChI=1S/C19H27NO2/c1-7-9-14-12(3)20(8-2)17-15(14)10-13(18(21)22)11-16(17)19(4,5)6/h10-11H,7-9H2,1-6H3,(H,21,22). The number of nitrogens with zero attached hydrogens (tertiary/aromatic N) is 1. The average molecular weight is 301 g/mol. The van der Waals surface area contributed by atoms with Crippen LogP contribution in [0.3, 0.4) is 0 Å². The molecule has 3 nitrogen and oxygen atoms in total. The molecule has 0 fully saturated rings. The van der Waals surface area contributed by atoms with E-state index >= 15 is 0 Å². The molecule has 1 N–H and O–H groups in total. The van der Waals surface area contributed by atoms with E-state index in [0.29, 0.717) is 5.56 Å². The maximum absolute atomic E-state index is 11.5. The summed E-state index contributed by atoms with van der Waals surface area (Å²) in [4.78, 5) is 11.5. The van der Waals surface area contributed by atoms with E-state index in [9.17, 15) is 9.90 Å². The third-order valence-corrected chi connectivity index (χ3v) is 4.42. The van der Waals surface area contributed by atoms with Gasteiger partial charge in [0.25, 0.3) is 0 Å². The Morgan fingerprint density at radius 2 is 1.86 bits per heavy atom. The Morgan fingerprint density at radius 1 is 1.23 bits per heavy atom. The van der Waals surface area contributed by atoms with Gasteiger partial charge >= 0.3 is 5.97 Å². The molecule has 0 saturated carbocycles. The lowest BCUT2D eigenvalue weighted by atomic mass is 9.84. The predicted octanol–water partition coefficient (Wildman–Crippen LogP) is 4.92. The number of aromatic nitrogens is 1. The molecular weight excluding hydrogens is 274 g/mol. The lowest BCUT2D eigenvalue weighted by Crippen LogP contribution is -2.15. The Bertz CT molecular complexity index is 717. The molecule has 2 rings (SSSR count). The van der Waals surface area contributed by atoms with Gasteiger partial charge in [0, 0.05) is 17.6 Å². The molecule has 0 bridgehead atoms. The Hall–Kier alpha value is -1.77. The lowest BCUT2D eigenvalue weighted by Gasteiger charge is -2.22. The van der Waals surface area contributed by atoms with Crippen molar-refractivity contribution in [3.8, 4) is 0 Å². The van der Waals surface area contributed by atoms with Gasteiger partial charge in [-0.3, -0.25) is 0 Å². The molecule has 0 aliphatic heterocycles. The molecule has 1 aromatic heterocycles. The molecule has 2 aromatic rings. The van der Waals surface area contributed by atoms with E-state index in [1.165, 1.54) is 16.8 Å². The van der Waals surface area contributed by atoms with Crippen molar-refractivity contribution in [3.63, 3.8) is 0 Å². The molecule has 1 aromatic carbocycles. The summed E-state index contributed by atoms with van der Waals surface area (Å²) >= 11 is 0. The zero-order valence-electron chi connectivity index (χ0n) is 14.6. The second-order valence-electron chi connectivity index (χ2n) is 7.03. The molecule has 3 heteroatoms. The van der Waals surface area contributed by atoms with Crippen LogP contribution in [0.25, 0.3) is 10.9 Å². The quantitative estimate of drug-likeness (QED) is 0.871. The van der Waals surface area contributed by atoms with Gasteiger partial charge in [0.15, 0.2) is 0 Å². The van der Waals surface area contributed by atoms with Crippen LogP contribution < -0.4 is 0 Å². The minimum absolute atomic E-state index is 0.0924. The van der Waals surface area contributed by atoms with E-state index in [-0.39, 0.29) is 5.41 Å². The van der Waals surface area contributed by atoms with Gasteiger partial charge in [0.1, 0.15) is 0 Å². The third-order valence-electron chi connectivity index (χ3n) is 4.42. The van der Waals surface area contributed by atoms with Crippen LogP contribution in [-0.2, 0) is 18.4 Å². The van der Waals surface area contributed by atoms with E-state index < -0.39 is 5.97 Å². The number of hydrogen-bond acceptors (Lipinski definition) is 1. The van der Waals surface area contributed by atoms with Crippen molar-refractivity contribution in [3.05, 3.63) is 34.5 Å². The maximum Gasteiger partial charge on any atom is 0.335 e. The van der Waals surface area contributed by atoms with Gasteiger partial charge in [-0.05, 0) is 48.9 Å². The lowest BCUT2D eigenvalue weighted by molar-refractivity contribution is 0.0697. The fourth-order valence-electron chi connectivity index (χ4n) is 3.34. The largest absolute Gasteiger partial charge is 0.478 e. The molecule has 1 heterocycles. The first-order valence-corrected chi connectivity index (χ1v) is 8.11. The Kier molecular flexibility index (Phi) is 4.37. The number of hydrogen-bond donors (Lipinski definition) is 1. The highest BCUT2D eigenvalue weighted by atomic mass is 16.4. The van der Waals surface area contributed by atoms with Crippen molar-refractivity contribution < 1.29 is 9.90 Å². The summed E-state index contributed by atoms with van der Waals surface area (Å²) in [6, 6.07) is 3.71. The smallest absolute Gasteiger partial charge is 0.335 e. The van der Waals surface area contributed by atoms with Crippen LogP contribution in [0.5, 0.6) is 0 Å². The van der Waals surface area contributed by atoms with Crippen LogP contribution in [0.4, 0.5) is 0 Å². The fraction of sp³-hybridized carbons (Fsp3) is 0.526. The van der Waals surface area contributed by atoms with E-state index in [4.69, 9.17) is 0 Å². The summed E-state index contributed by atoms with van der Waals surface area (Å²) in [7, 11) is 0. The van der Waals surface area contributed by atoms with E-state index in [1.54, 1.807) is 0 Å². The van der Waals surface area contributed by atoms with Crippen LogP contribution in [0.15, 0.2) is 12.1 Å². The SMILES string of the molecule is CCCc1c(C)n(CC)c2c(C(C)(C)C)cc(C(=O)O)cc12. The summed E-state index contributed by atoms with van der Waals surface area (Å²) in [6.07, 6.45) is 2.05. The highest BCUT2D eigenvalue weighted by Gasteiger charge is 2.24. The van der Waals surface area contributed by atoms with E-state index in [2.05, 4.69) is 46.1 Å². The van der Waals surface area contributed by atoms with Crippen molar-refractivity contribution in [1.82, 2.24) is 4.57 Å². The van der Waals surface area contributed by atoms with Crippen molar-refractivity contribution >= 4 is 16.9 Å². The molecule has 0 aliphatic carbocycles. The second-order valence-corrected chi connectivity index (χ2v) is 7.03. The van der Waals surface area contributed by atoms with Gasteiger partial charge in [0.2, 0.25) is 0 Å². The first-order valence-electron chi connectivity index (χ1n) is 8.11. The molecule has 0 spiro atoms. The van der Waals surface area contributed by atoms with Gasteiger partial charge in [-0.1, -0.05) is 34.1 Å². The normalized spacial score (nSPS) is 12.1. The van der Waals surface area contributed by atoms with Crippen LogP contribution >= 0.6 is 0 Å². The Labute approximate surface area is 133 Å². The number of fused-ring (bicyclic) bond motifs is 1. The van der Waals surface area contributed by atoms with Gasteiger partial charge in [-0.15, -0.1) is 0 Å². The molecule has 22 heavy (non-hydrogen) atoms. The average Bonchev–Trinajstić information content (AvgIpc) is 2.69. The van der Waals surface area contributed by atoms with Crippen molar-refractivity contribution in [2.45, 2.75) is 66.3 Å². The zero-order valence-corrected chi connectivity index (χ0v) is 14.6. The molecule has 0 aliphatic rings. The molecule has 0 amide bonds. The van der Waals surface area contributed by atoms with Crippen LogP contribution in [0.2, 0.25) is 0 Å². The zero-order chi connectivity index (χ0) is 16.7. The van der Waals surface area contributed by atoms with Crippen LogP contribution in [-0.4, -0.2) is 15.6 Å². The number of aromatic carboxylic acids is 1. The Morgan fingerprint density at radius 3 is 2.32 bits per heavy atom. The number of rotatable bonds is 4. The fourth-order valence-corrected chi connectivity index (χ4v) is 3.34. The Balaban J connectivity index is 2.98. The summed E-state index contributed by atoms with van der Waals surface area (Å²) < 4.78 is 2.34. The summed E-state index contributed by atoms with van der Waals surface area (Å²) in [5.41, 5.74) is 5.20. The van der Waals surface area contributed by atoms with Crippen molar-refractivity contribution in [2.24, 2.45) is 0 Å². The number of carbonyl (C=O) groups is 1. The second kappa shape index (κ2) is 5.79. The molecule has 0 unspecified atom stereocenters. The minimum Gasteiger partial charge on any atom is -0.478 e. The number of carboxylic acids is 1. The van der Waals surface area contributed by atoms with E-state index in [1.807, 2.05) is 12.1 Å². The van der Waals surface area contributed by atoms with Crippen molar-refractivity contribution in [1.29, 1.82) is 0 Å². The highest BCUT2D eigenvalue weighted by molar-refractivity contribution is 5.97. The number of benzene rings is 1. The van der Waals surface area contributed by atoms with E-state index in [0.717, 1.165) is 30.3 Å². The molecule has 0 saturated heterocycles. The summed E-state index contributed by atoms with van der Waals surface area (Å²) in [5, 5.41) is 10.6. The first-order chi connectivity index (χ1) is 10.2. The molecule has 0 radical (unpaired) electrons. The number of aryl methyl sites for hydroxylation is 2. The van der Waals surface area contributed by atoms with Crippen LogP contribution in [0.1, 0.15) is 68.2 Å². The third kappa shape index (κ3) is 2.65. The summed E-state index contributed by atoms with van der Waals surface area (Å²) in [6.45, 7) is 13.8. The minimum atomic E-state index is -0.850. The molecular formula is C19H27NO2. The first kappa shape index (κ1) is 16.6. The molecule has 120 valence electrons. The van der Waals surface area contributed by atoms with Crippen LogP contribution in [0, 0.1) is 6.92 Å². The monoisotopic (exact) mass is 301 g/mol. The van der Waals surface area contributed by atoms with Crippen molar-refractivity contribution in [2.75, 3.05) is 0 Å². The molecule has 0 atom stereocenters. The van der Waals surface area contributed by atoms with Gasteiger partial charge in [-0.25, -0.2) is 4.79 Å². The summed E-state index contributed by atoms with van der Waals surface area (Å²) in [5.74, 6) is -0.850. The van der Waals surface area contributed by atoms with Gasteiger partial charge in [0.05, 0.1) is 11.1 Å². The van der Waals surface area contributed by atoms with Gasteiger partial charge < -0.3 is 9.67 Å². The topological polar surface area (TPSA) is 42.2 Å². The maximum atomic E-state index is 11.5. The highest BCUT2D eigenvalue weighted by Crippen LogP contribution is 2.36.